The van der Waals surface area contributed by atoms with Gasteiger partial charge in [-0.3, -0.25) is 4.79 Å². The highest BCUT2D eigenvalue weighted by atomic mass is 16.3. The molecule has 0 saturated carbocycles. The van der Waals surface area contributed by atoms with Crippen LogP contribution in [-0.2, 0) is 11.2 Å². The van der Waals surface area contributed by atoms with Gasteiger partial charge in [0.2, 0.25) is 5.91 Å². The van der Waals surface area contributed by atoms with Gasteiger partial charge >= 0.3 is 0 Å². The molecule has 0 aliphatic heterocycles. The van der Waals surface area contributed by atoms with Gasteiger partial charge in [0, 0.05) is 24.6 Å². The number of hydrogen-bond donors (Lipinski definition) is 2. The summed E-state index contributed by atoms with van der Waals surface area (Å²) in [6.07, 6.45) is 1.05. The van der Waals surface area contributed by atoms with Crippen LogP contribution >= 0.6 is 0 Å². The number of nitrogens with two attached hydrogens (primary N) is 1. The molecule has 5 nitrogen and oxygen atoms in total. The summed E-state index contributed by atoms with van der Waals surface area (Å²) in [5.41, 5.74) is 7.77. The van der Waals surface area contributed by atoms with E-state index in [2.05, 4.69) is 10.3 Å². The molecule has 0 fully saturated rings. The number of anilines is 1. The van der Waals surface area contributed by atoms with Crippen LogP contribution in [0.15, 0.2) is 22.6 Å². The molecule has 1 heterocycles. The molecule has 2 rings (SSSR count). The standard InChI is InChI=1S/C13H17N3O2/c1-3-13-16-10-7-9(4-5-11(10)18-13)15-12(17)6-8(2)14/h4-5,7-8H,3,6,14H2,1-2H3,(H,15,17). The summed E-state index contributed by atoms with van der Waals surface area (Å²) in [6, 6.07) is 5.26. The molecule has 0 aliphatic carbocycles. The third-order valence-electron chi connectivity index (χ3n) is 2.53. The summed E-state index contributed by atoms with van der Waals surface area (Å²) in [5, 5.41) is 2.79. The topological polar surface area (TPSA) is 81.2 Å². The van der Waals surface area contributed by atoms with Gasteiger partial charge in [0.05, 0.1) is 0 Å². The Morgan fingerprint density at radius 2 is 2.33 bits per heavy atom. The summed E-state index contributed by atoms with van der Waals surface area (Å²) >= 11 is 0. The van der Waals surface area contributed by atoms with Crippen LogP contribution in [0.25, 0.3) is 11.1 Å². The number of nitrogens with zero attached hydrogens (tertiary/aromatic N) is 1. The van der Waals surface area contributed by atoms with Crippen molar-refractivity contribution in [2.45, 2.75) is 32.7 Å². The predicted molar refractivity (Wildman–Crippen MR) is 70.3 cm³/mol. The third-order valence-corrected chi connectivity index (χ3v) is 2.53. The van der Waals surface area contributed by atoms with Gasteiger partial charge in [0.1, 0.15) is 5.52 Å². The molecule has 1 atom stereocenters. The first-order chi connectivity index (χ1) is 8.58. The Hall–Kier alpha value is -1.88. The first-order valence-electron chi connectivity index (χ1n) is 6.03. The minimum Gasteiger partial charge on any atom is -0.441 e. The number of rotatable bonds is 4. The molecule has 96 valence electrons. The van der Waals surface area contributed by atoms with E-state index in [1.165, 1.54) is 0 Å². The fourth-order valence-corrected chi connectivity index (χ4v) is 1.71. The number of hydrogen-bond acceptors (Lipinski definition) is 4. The second kappa shape index (κ2) is 5.18. The number of nitrogens with one attached hydrogen (secondary N) is 1. The van der Waals surface area contributed by atoms with Crippen molar-refractivity contribution in [3.63, 3.8) is 0 Å². The summed E-state index contributed by atoms with van der Waals surface area (Å²) in [7, 11) is 0. The van der Waals surface area contributed by atoms with Crippen LogP contribution in [0.2, 0.25) is 0 Å². The van der Waals surface area contributed by atoms with Gasteiger partial charge in [0.25, 0.3) is 0 Å². The molecule has 0 aliphatic rings. The highest BCUT2D eigenvalue weighted by molar-refractivity contribution is 5.93. The van der Waals surface area contributed by atoms with Crippen molar-refractivity contribution in [2.24, 2.45) is 5.73 Å². The number of benzene rings is 1. The Labute approximate surface area is 105 Å². The van der Waals surface area contributed by atoms with Gasteiger partial charge in [-0.15, -0.1) is 0 Å². The lowest BCUT2D eigenvalue weighted by Crippen LogP contribution is -2.23. The third kappa shape index (κ3) is 2.87. The van der Waals surface area contributed by atoms with Gasteiger partial charge < -0.3 is 15.5 Å². The highest BCUT2D eigenvalue weighted by Crippen LogP contribution is 2.20. The number of aromatic nitrogens is 1. The molecule has 1 aromatic heterocycles. The van der Waals surface area contributed by atoms with E-state index >= 15 is 0 Å². The van der Waals surface area contributed by atoms with Crippen LogP contribution in [0.4, 0.5) is 5.69 Å². The van der Waals surface area contributed by atoms with Gasteiger partial charge in [-0.1, -0.05) is 6.92 Å². The molecule has 18 heavy (non-hydrogen) atoms. The molecule has 0 spiro atoms. The molecule has 2 aromatic rings. The van der Waals surface area contributed by atoms with E-state index in [0.29, 0.717) is 18.0 Å². The first kappa shape index (κ1) is 12.6. The van der Waals surface area contributed by atoms with E-state index in [0.717, 1.165) is 17.5 Å². The normalized spacial score (nSPS) is 12.6. The number of carbonyl (C=O) groups is 1. The second-order valence-corrected chi connectivity index (χ2v) is 4.37. The lowest BCUT2D eigenvalue weighted by Gasteiger charge is -2.06. The second-order valence-electron chi connectivity index (χ2n) is 4.37. The van der Waals surface area contributed by atoms with Gasteiger partial charge in [-0.2, -0.15) is 0 Å². The maximum atomic E-state index is 11.6. The monoisotopic (exact) mass is 247 g/mol. The number of oxazole rings is 1. The van der Waals surface area contributed by atoms with E-state index in [-0.39, 0.29) is 11.9 Å². The Bertz CT molecular complexity index is 560. The average molecular weight is 247 g/mol. The van der Waals surface area contributed by atoms with Crippen molar-refractivity contribution in [1.82, 2.24) is 4.98 Å². The zero-order valence-electron chi connectivity index (χ0n) is 10.6. The van der Waals surface area contributed by atoms with Gasteiger partial charge in [-0.05, 0) is 25.1 Å². The summed E-state index contributed by atoms with van der Waals surface area (Å²) in [6.45, 7) is 3.78. The van der Waals surface area contributed by atoms with Gasteiger partial charge in [-0.25, -0.2) is 4.98 Å². The summed E-state index contributed by atoms with van der Waals surface area (Å²) < 4.78 is 5.50. The van der Waals surface area contributed by atoms with E-state index < -0.39 is 0 Å². The number of fused-ring (bicyclic) bond motifs is 1. The lowest BCUT2D eigenvalue weighted by molar-refractivity contribution is -0.116. The molecule has 0 radical (unpaired) electrons. The van der Waals surface area contributed by atoms with Crippen LogP contribution in [0.5, 0.6) is 0 Å². The number of carbonyl (C=O) groups excluding carboxylic acids is 1. The Morgan fingerprint density at radius 1 is 1.56 bits per heavy atom. The zero-order valence-corrected chi connectivity index (χ0v) is 10.6. The van der Waals surface area contributed by atoms with E-state index in [9.17, 15) is 4.79 Å². The van der Waals surface area contributed by atoms with E-state index in [1.807, 2.05) is 13.0 Å². The minimum absolute atomic E-state index is 0.0939. The van der Waals surface area contributed by atoms with Crippen molar-refractivity contribution < 1.29 is 9.21 Å². The van der Waals surface area contributed by atoms with Gasteiger partial charge in [0.15, 0.2) is 11.5 Å². The van der Waals surface area contributed by atoms with Crippen LogP contribution in [0, 0.1) is 0 Å². The molecule has 5 heteroatoms. The van der Waals surface area contributed by atoms with Crippen LogP contribution in [0.1, 0.15) is 26.2 Å². The van der Waals surface area contributed by atoms with Crippen LogP contribution < -0.4 is 11.1 Å². The quantitative estimate of drug-likeness (QED) is 0.866. The predicted octanol–water partition coefficient (Wildman–Crippen LogP) is 2.07. The zero-order chi connectivity index (χ0) is 13.1. The SMILES string of the molecule is CCc1nc2cc(NC(=O)CC(C)N)ccc2o1. The van der Waals surface area contributed by atoms with Crippen LogP contribution in [-0.4, -0.2) is 16.9 Å². The van der Waals surface area contributed by atoms with Crippen molar-refractivity contribution in [3.05, 3.63) is 24.1 Å². The first-order valence-corrected chi connectivity index (χ1v) is 6.03. The maximum absolute atomic E-state index is 11.6. The molecular weight excluding hydrogens is 230 g/mol. The molecular formula is C13H17N3O2. The van der Waals surface area contributed by atoms with Crippen molar-refractivity contribution >= 4 is 22.7 Å². The Kier molecular flexibility index (Phi) is 3.62. The fraction of sp³-hybridized carbons (Fsp3) is 0.385. The Morgan fingerprint density at radius 3 is 3.00 bits per heavy atom. The maximum Gasteiger partial charge on any atom is 0.225 e. The molecule has 1 unspecified atom stereocenters. The molecule has 1 aromatic carbocycles. The van der Waals surface area contributed by atoms with E-state index in [1.54, 1.807) is 19.1 Å². The summed E-state index contributed by atoms with van der Waals surface area (Å²) in [4.78, 5) is 15.9. The number of amides is 1. The molecule has 0 bridgehead atoms. The van der Waals surface area contributed by atoms with Crippen LogP contribution in [0.3, 0.4) is 0 Å². The van der Waals surface area contributed by atoms with Crippen molar-refractivity contribution in [2.75, 3.05) is 5.32 Å². The highest BCUT2D eigenvalue weighted by Gasteiger charge is 2.08. The Balaban J connectivity index is 2.16. The number of aryl methyl sites for hydroxylation is 1. The summed E-state index contributed by atoms with van der Waals surface area (Å²) in [5.74, 6) is 0.604. The molecule has 0 saturated heterocycles. The minimum atomic E-state index is -0.146. The smallest absolute Gasteiger partial charge is 0.225 e. The van der Waals surface area contributed by atoms with Crippen molar-refractivity contribution in [3.8, 4) is 0 Å². The van der Waals surface area contributed by atoms with E-state index in [4.69, 9.17) is 10.2 Å². The fourth-order valence-electron chi connectivity index (χ4n) is 1.71. The lowest BCUT2D eigenvalue weighted by atomic mass is 10.2. The molecule has 3 N–H and O–H groups in total. The largest absolute Gasteiger partial charge is 0.441 e. The average Bonchev–Trinajstić information content (AvgIpc) is 2.69. The molecule has 1 amide bonds. The van der Waals surface area contributed by atoms with Crippen molar-refractivity contribution in [1.29, 1.82) is 0 Å².